The van der Waals surface area contributed by atoms with Crippen LogP contribution in [0.25, 0.3) is 0 Å². The highest BCUT2D eigenvalue weighted by atomic mass is 16.5. The lowest BCUT2D eigenvalue weighted by molar-refractivity contribution is 0.00526. The third kappa shape index (κ3) is 3.01. The van der Waals surface area contributed by atoms with Gasteiger partial charge >= 0.3 is 0 Å². The molecule has 0 bridgehead atoms. The predicted molar refractivity (Wildman–Crippen MR) is 70.3 cm³/mol. The van der Waals surface area contributed by atoms with Crippen LogP contribution < -0.4 is 11.3 Å². The highest BCUT2D eigenvalue weighted by Crippen LogP contribution is 2.37. The molecule has 0 aromatic rings. The Balaban J connectivity index is 1.94. The molecule has 3 nitrogen and oxygen atoms in total. The molecule has 0 aromatic heterocycles. The van der Waals surface area contributed by atoms with Crippen molar-refractivity contribution in [3.8, 4) is 0 Å². The average molecular weight is 240 g/mol. The van der Waals surface area contributed by atoms with E-state index in [4.69, 9.17) is 10.6 Å². The highest BCUT2D eigenvalue weighted by Gasteiger charge is 2.37. The molecule has 6 atom stereocenters. The van der Waals surface area contributed by atoms with Gasteiger partial charge in [-0.15, -0.1) is 0 Å². The quantitative estimate of drug-likeness (QED) is 0.588. The number of nitrogens with two attached hydrogens (primary N) is 1. The second-order valence-electron chi connectivity index (χ2n) is 6.28. The van der Waals surface area contributed by atoms with Crippen LogP contribution in [0.1, 0.15) is 52.9 Å². The van der Waals surface area contributed by atoms with Gasteiger partial charge in [0.25, 0.3) is 0 Å². The molecule has 2 aliphatic rings. The summed E-state index contributed by atoms with van der Waals surface area (Å²) in [6, 6.07) is 0.356. The smallest absolute Gasteiger partial charge is 0.0748 e. The summed E-state index contributed by atoms with van der Waals surface area (Å²) >= 11 is 0. The van der Waals surface area contributed by atoms with Gasteiger partial charge in [0.2, 0.25) is 0 Å². The van der Waals surface area contributed by atoms with Crippen LogP contribution in [0.3, 0.4) is 0 Å². The Morgan fingerprint density at radius 3 is 2.35 bits per heavy atom. The molecular formula is C14H28N2O. The van der Waals surface area contributed by atoms with Gasteiger partial charge in [-0.2, -0.15) is 0 Å². The van der Waals surface area contributed by atoms with E-state index in [1.54, 1.807) is 0 Å². The minimum atomic E-state index is 0.334. The SMILES string of the molecule is CC1CCC(C(NN)C2CCC(C)C(C)C2)O1. The first-order chi connectivity index (χ1) is 8.11. The van der Waals surface area contributed by atoms with Gasteiger partial charge in [0.1, 0.15) is 0 Å². The average Bonchev–Trinajstić information content (AvgIpc) is 2.71. The topological polar surface area (TPSA) is 47.3 Å². The van der Waals surface area contributed by atoms with Gasteiger partial charge in [-0.3, -0.25) is 11.3 Å². The fourth-order valence-electron chi connectivity index (χ4n) is 3.56. The van der Waals surface area contributed by atoms with Crippen LogP contribution in [-0.4, -0.2) is 18.2 Å². The Bertz CT molecular complexity index is 246. The molecule has 1 saturated heterocycles. The molecule has 2 fully saturated rings. The summed E-state index contributed by atoms with van der Waals surface area (Å²) in [6.45, 7) is 6.92. The summed E-state index contributed by atoms with van der Waals surface area (Å²) in [7, 11) is 0. The third-order valence-electron chi connectivity index (χ3n) is 5.00. The molecular weight excluding hydrogens is 212 g/mol. The lowest BCUT2D eigenvalue weighted by Gasteiger charge is -2.38. The number of hydrogen-bond donors (Lipinski definition) is 2. The van der Waals surface area contributed by atoms with Crippen LogP contribution in [-0.2, 0) is 4.74 Å². The number of hydrogen-bond acceptors (Lipinski definition) is 3. The first kappa shape index (κ1) is 13.3. The molecule has 1 saturated carbocycles. The molecule has 1 aliphatic heterocycles. The predicted octanol–water partition coefficient (Wildman–Crippen LogP) is 2.46. The maximum absolute atomic E-state index is 5.99. The first-order valence-corrected chi connectivity index (χ1v) is 7.23. The minimum absolute atomic E-state index is 0.334. The molecule has 3 heteroatoms. The van der Waals surface area contributed by atoms with E-state index < -0.39 is 0 Å². The minimum Gasteiger partial charge on any atom is -0.374 e. The van der Waals surface area contributed by atoms with Gasteiger partial charge in [-0.1, -0.05) is 20.3 Å². The Morgan fingerprint density at radius 1 is 1.06 bits per heavy atom. The zero-order valence-corrected chi connectivity index (χ0v) is 11.5. The van der Waals surface area contributed by atoms with E-state index in [-0.39, 0.29) is 0 Å². The Labute approximate surface area is 105 Å². The lowest BCUT2D eigenvalue weighted by Crippen LogP contribution is -2.50. The van der Waals surface area contributed by atoms with Gasteiger partial charge in [0, 0.05) is 0 Å². The van der Waals surface area contributed by atoms with Crippen LogP contribution >= 0.6 is 0 Å². The fraction of sp³-hybridized carbons (Fsp3) is 1.00. The molecule has 0 spiro atoms. The van der Waals surface area contributed by atoms with Crippen molar-refractivity contribution in [3.05, 3.63) is 0 Å². The molecule has 3 N–H and O–H groups in total. The normalized spacial score (nSPS) is 44.8. The van der Waals surface area contributed by atoms with Gasteiger partial charge in [0.15, 0.2) is 0 Å². The van der Waals surface area contributed by atoms with Crippen LogP contribution in [0.2, 0.25) is 0 Å². The standard InChI is InChI=1S/C14H28N2O/c1-9-4-6-12(8-10(9)2)14(16-15)13-7-5-11(3)17-13/h9-14,16H,4-8,15H2,1-3H3. The van der Waals surface area contributed by atoms with E-state index >= 15 is 0 Å². The molecule has 2 rings (SSSR count). The van der Waals surface area contributed by atoms with Gasteiger partial charge in [-0.25, -0.2) is 0 Å². The monoisotopic (exact) mass is 240 g/mol. The first-order valence-electron chi connectivity index (χ1n) is 7.23. The number of hydrazine groups is 1. The van der Waals surface area contributed by atoms with Crippen molar-refractivity contribution < 1.29 is 4.74 Å². The number of nitrogens with one attached hydrogen (secondary N) is 1. The van der Waals surface area contributed by atoms with Crippen LogP contribution in [0, 0.1) is 17.8 Å². The summed E-state index contributed by atoms with van der Waals surface area (Å²) in [4.78, 5) is 0. The summed E-state index contributed by atoms with van der Waals surface area (Å²) < 4.78 is 5.99. The fourth-order valence-corrected chi connectivity index (χ4v) is 3.56. The molecule has 100 valence electrons. The maximum Gasteiger partial charge on any atom is 0.0748 e. The molecule has 0 aromatic carbocycles. The van der Waals surface area contributed by atoms with E-state index in [0.29, 0.717) is 24.2 Å². The number of rotatable bonds is 3. The number of ether oxygens (including phenoxy) is 1. The molecule has 1 aliphatic carbocycles. The van der Waals surface area contributed by atoms with E-state index in [1.165, 1.54) is 25.7 Å². The summed E-state index contributed by atoms with van der Waals surface area (Å²) in [5.41, 5.74) is 3.04. The highest BCUT2D eigenvalue weighted by molar-refractivity contribution is 4.90. The van der Waals surface area contributed by atoms with Crippen molar-refractivity contribution in [1.29, 1.82) is 0 Å². The molecule has 17 heavy (non-hydrogen) atoms. The summed E-state index contributed by atoms with van der Waals surface area (Å²) in [5.74, 6) is 8.17. The van der Waals surface area contributed by atoms with E-state index in [0.717, 1.165) is 18.3 Å². The lowest BCUT2D eigenvalue weighted by atomic mass is 9.72. The van der Waals surface area contributed by atoms with Crippen molar-refractivity contribution in [2.45, 2.75) is 71.1 Å². The zero-order valence-electron chi connectivity index (χ0n) is 11.5. The maximum atomic E-state index is 5.99. The van der Waals surface area contributed by atoms with Crippen molar-refractivity contribution in [3.63, 3.8) is 0 Å². The Morgan fingerprint density at radius 2 is 1.82 bits per heavy atom. The van der Waals surface area contributed by atoms with Crippen molar-refractivity contribution in [2.75, 3.05) is 0 Å². The molecule has 1 heterocycles. The van der Waals surface area contributed by atoms with Crippen LogP contribution in [0.5, 0.6) is 0 Å². The van der Waals surface area contributed by atoms with Crippen molar-refractivity contribution in [2.24, 2.45) is 23.6 Å². The van der Waals surface area contributed by atoms with Crippen molar-refractivity contribution in [1.82, 2.24) is 5.43 Å². The van der Waals surface area contributed by atoms with Crippen LogP contribution in [0.4, 0.5) is 0 Å². The van der Waals surface area contributed by atoms with Crippen LogP contribution in [0.15, 0.2) is 0 Å². The molecule has 6 unspecified atom stereocenters. The second-order valence-corrected chi connectivity index (χ2v) is 6.28. The van der Waals surface area contributed by atoms with Crippen molar-refractivity contribution >= 4 is 0 Å². The van der Waals surface area contributed by atoms with Gasteiger partial charge in [-0.05, 0) is 50.4 Å². The van der Waals surface area contributed by atoms with Gasteiger partial charge < -0.3 is 4.74 Å². The summed E-state index contributed by atoms with van der Waals surface area (Å²) in [5, 5.41) is 0. The third-order valence-corrected chi connectivity index (χ3v) is 5.00. The van der Waals surface area contributed by atoms with E-state index in [1.807, 2.05) is 0 Å². The Kier molecular flexibility index (Phi) is 4.45. The largest absolute Gasteiger partial charge is 0.374 e. The summed E-state index contributed by atoms with van der Waals surface area (Å²) in [6.07, 6.45) is 7.03. The van der Waals surface area contributed by atoms with E-state index in [9.17, 15) is 0 Å². The molecule has 0 radical (unpaired) electrons. The Hall–Kier alpha value is -0.120. The van der Waals surface area contributed by atoms with E-state index in [2.05, 4.69) is 26.2 Å². The second kappa shape index (κ2) is 5.68. The molecule has 0 amide bonds. The van der Waals surface area contributed by atoms with Gasteiger partial charge in [0.05, 0.1) is 18.2 Å². The zero-order chi connectivity index (χ0) is 12.4.